The van der Waals surface area contributed by atoms with Crippen LogP contribution in [0.4, 0.5) is 0 Å². The fourth-order valence-electron chi connectivity index (χ4n) is 4.16. The average Bonchev–Trinajstić information content (AvgIpc) is 2.92. The lowest BCUT2D eigenvalue weighted by atomic mass is 9.83. The Morgan fingerprint density at radius 1 is 1.35 bits per heavy atom. The van der Waals surface area contributed by atoms with Gasteiger partial charge in [0.2, 0.25) is 0 Å². The second-order valence-corrected chi connectivity index (χ2v) is 7.53. The number of nitrogens with zero attached hydrogens (tertiary/aromatic N) is 2. The van der Waals surface area contributed by atoms with Crippen LogP contribution < -0.4 is 5.73 Å². The SMILES string of the molecule is CC(N)C(c1cccs1)N1CCC2C(CCCN2C)C1. The van der Waals surface area contributed by atoms with Crippen molar-refractivity contribution in [2.45, 2.75) is 44.3 Å². The van der Waals surface area contributed by atoms with Gasteiger partial charge in [-0.2, -0.15) is 0 Å². The van der Waals surface area contributed by atoms with Gasteiger partial charge in [0.15, 0.2) is 0 Å². The lowest BCUT2D eigenvalue weighted by Gasteiger charge is -2.48. The van der Waals surface area contributed by atoms with Gasteiger partial charge in [0.05, 0.1) is 6.04 Å². The van der Waals surface area contributed by atoms with Gasteiger partial charge in [0, 0.05) is 30.1 Å². The van der Waals surface area contributed by atoms with E-state index in [1.54, 1.807) is 0 Å². The number of likely N-dealkylation sites (tertiary alicyclic amines) is 2. The summed E-state index contributed by atoms with van der Waals surface area (Å²) < 4.78 is 0. The minimum Gasteiger partial charge on any atom is -0.326 e. The Morgan fingerprint density at radius 3 is 2.90 bits per heavy atom. The van der Waals surface area contributed by atoms with E-state index in [4.69, 9.17) is 5.73 Å². The molecule has 3 heterocycles. The molecule has 0 saturated carbocycles. The molecule has 2 fully saturated rings. The van der Waals surface area contributed by atoms with E-state index in [1.165, 1.54) is 43.8 Å². The molecule has 20 heavy (non-hydrogen) atoms. The topological polar surface area (TPSA) is 32.5 Å². The zero-order chi connectivity index (χ0) is 14.1. The molecule has 3 rings (SSSR count). The van der Waals surface area contributed by atoms with Crippen LogP contribution in [0.25, 0.3) is 0 Å². The van der Waals surface area contributed by atoms with Crippen molar-refractivity contribution in [3.8, 4) is 0 Å². The maximum Gasteiger partial charge on any atom is 0.0590 e. The smallest absolute Gasteiger partial charge is 0.0590 e. The number of fused-ring (bicyclic) bond motifs is 1. The summed E-state index contributed by atoms with van der Waals surface area (Å²) in [6.45, 7) is 5.85. The number of hydrogen-bond acceptors (Lipinski definition) is 4. The Morgan fingerprint density at radius 2 is 2.20 bits per heavy atom. The predicted octanol–water partition coefficient (Wildman–Crippen LogP) is 2.55. The molecule has 0 amide bonds. The summed E-state index contributed by atoms with van der Waals surface area (Å²) >= 11 is 1.85. The highest BCUT2D eigenvalue weighted by molar-refractivity contribution is 7.10. The Bertz CT molecular complexity index is 417. The first kappa shape index (κ1) is 14.5. The molecule has 1 aromatic rings. The normalized spacial score (nSPS) is 31.8. The fourth-order valence-corrected chi connectivity index (χ4v) is 5.14. The van der Waals surface area contributed by atoms with Crippen LogP contribution in [0.15, 0.2) is 17.5 Å². The van der Waals surface area contributed by atoms with Crippen molar-refractivity contribution < 1.29 is 0 Å². The van der Waals surface area contributed by atoms with E-state index in [1.807, 2.05) is 11.3 Å². The zero-order valence-electron chi connectivity index (χ0n) is 12.7. The Kier molecular flexibility index (Phi) is 4.46. The molecule has 3 nitrogen and oxygen atoms in total. The van der Waals surface area contributed by atoms with Gasteiger partial charge in [0.25, 0.3) is 0 Å². The molecule has 112 valence electrons. The summed E-state index contributed by atoms with van der Waals surface area (Å²) in [5.41, 5.74) is 6.31. The second-order valence-electron chi connectivity index (χ2n) is 6.55. The number of hydrogen-bond donors (Lipinski definition) is 1. The van der Waals surface area contributed by atoms with Crippen molar-refractivity contribution in [3.63, 3.8) is 0 Å². The van der Waals surface area contributed by atoms with Gasteiger partial charge in [-0.05, 0) is 57.1 Å². The highest BCUT2D eigenvalue weighted by Gasteiger charge is 2.37. The fraction of sp³-hybridized carbons (Fsp3) is 0.750. The number of thiophene rings is 1. The van der Waals surface area contributed by atoms with Crippen LogP contribution in [0.3, 0.4) is 0 Å². The molecule has 0 bridgehead atoms. The summed E-state index contributed by atoms with van der Waals surface area (Å²) in [4.78, 5) is 6.66. The summed E-state index contributed by atoms with van der Waals surface area (Å²) in [5, 5.41) is 2.17. The Labute approximate surface area is 126 Å². The van der Waals surface area contributed by atoms with E-state index in [0.29, 0.717) is 6.04 Å². The second kappa shape index (κ2) is 6.14. The van der Waals surface area contributed by atoms with E-state index in [0.717, 1.165) is 12.0 Å². The van der Waals surface area contributed by atoms with Gasteiger partial charge >= 0.3 is 0 Å². The van der Waals surface area contributed by atoms with Crippen molar-refractivity contribution in [1.82, 2.24) is 9.80 Å². The molecule has 2 aliphatic heterocycles. The van der Waals surface area contributed by atoms with Crippen LogP contribution in [0.5, 0.6) is 0 Å². The van der Waals surface area contributed by atoms with Gasteiger partial charge in [-0.3, -0.25) is 4.90 Å². The van der Waals surface area contributed by atoms with Crippen LogP contribution in [0, 0.1) is 5.92 Å². The molecular formula is C16H27N3S. The minimum absolute atomic E-state index is 0.200. The van der Waals surface area contributed by atoms with Crippen molar-refractivity contribution in [2.24, 2.45) is 11.7 Å². The minimum atomic E-state index is 0.200. The van der Waals surface area contributed by atoms with Crippen LogP contribution in [0.2, 0.25) is 0 Å². The van der Waals surface area contributed by atoms with Gasteiger partial charge < -0.3 is 10.6 Å². The monoisotopic (exact) mass is 293 g/mol. The molecule has 2 saturated heterocycles. The quantitative estimate of drug-likeness (QED) is 0.929. The number of nitrogens with two attached hydrogens (primary N) is 1. The summed E-state index contributed by atoms with van der Waals surface area (Å²) in [7, 11) is 2.30. The first-order valence-corrected chi connectivity index (χ1v) is 8.78. The summed E-state index contributed by atoms with van der Waals surface area (Å²) in [5.74, 6) is 0.837. The average molecular weight is 293 g/mol. The molecule has 4 atom stereocenters. The predicted molar refractivity (Wildman–Crippen MR) is 86.0 cm³/mol. The molecule has 1 aromatic heterocycles. The van der Waals surface area contributed by atoms with E-state index >= 15 is 0 Å². The van der Waals surface area contributed by atoms with E-state index in [2.05, 4.69) is 41.3 Å². The lowest BCUT2D eigenvalue weighted by molar-refractivity contribution is 0.0161. The first-order valence-electron chi connectivity index (χ1n) is 7.90. The lowest BCUT2D eigenvalue weighted by Crippen LogP contribution is -2.54. The van der Waals surface area contributed by atoms with Crippen LogP contribution >= 0.6 is 11.3 Å². The van der Waals surface area contributed by atoms with Crippen molar-refractivity contribution in [3.05, 3.63) is 22.4 Å². The third-order valence-corrected chi connectivity index (χ3v) is 6.05. The van der Waals surface area contributed by atoms with E-state index < -0.39 is 0 Å². The molecule has 0 aromatic carbocycles. The Hall–Kier alpha value is -0.420. The molecule has 0 spiro atoms. The molecule has 4 unspecified atom stereocenters. The van der Waals surface area contributed by atoms with Crippen LogP contribution in [-0.2, 0) is 0 Å². The van der Waals surface area contributed by atoms with Crippen molar-refractivity contribution in [1.29, 1.82) is 0 Å². The highest BCUT2D eigenvalue weighted by atomic mass is 32.1. The number of piperidine rings is 2. The van der Waals surface area contributed by atoms with E-state index in [9.17, 15) is 0 Å². The maximum atomic E-state index is 6.31. The van der Waals surface area contributed by atoms with Crippen molar-refractivity contribution in [2.75, 3.05) is 26.7 Å². The van der Waals surface area contributed by atoms with E-state index in [-0.39, 0.29) is 6.04 Å². The molecule has 0 radical (unpaired) electrons. The molecule has 2 aliphatic rings. The Balaban J connectivity index is 1.74. The van der Waals surface area contributed by atoms with Gasteiger partial charge in [0.1, 0.15) is 0 Å². The molecule has 2 N–H and O–H groups in total. The standard InChI is InChI=1S/C16H27N3S/c1-12(17)16(15-6-4-10-20-15)19-9-7-14-13(11-19)5-3-8-18(14)2/h4,6,10,12-14,16H,3,5,7-9,11,17H2,1-2H3. The largest absolute Gasteiger partial charge is 0.326 e. The summed E-state index contributed by atoms with van der Waals surface area (Å²) in [6.07, 6.45) is 4.05. The highest BCUT2D eigenvalue weighted by Crippen LogP contribution is 2.35. The van der Waals surface area contributed by atoms with Crippen LogP contribution in [-0.4, -0.2) is 48.6 Å². The third kappa shape index (κ3) is 2.80. The number of rotatable bonds is 3. The van der Waals surface area contributed by atoms with Gasteiger partial charge in [-0.25, -0.2) is 0 Å². The van der Waals surface area contributed by atoms with Crippen molar-refractivity contribution >= 4 is 11.3 Å². The summed E-state index contributed by atoms with van der Waals surface area (Å²) in [6, 6.07) is 5.81. The molecule has 0 aliphatic carbocycles. The zero-order valence-corrected chi connectivity index (χ0v) is 13.5. The van der Waals surface area contributed by atoms with Gasteiger partial charge in [-0.15, -0.1) is 11.3 Å². The molecule has 4 heteroatoms. The maximum absolute atomic E-state index is 6.31. The first-order chi connectivity index (χ1) is 9.66. The van der Waals surface area contributed by atoms with Crippen LogP contribution in [0.1, 0.15) is 37.1 Å². The van der Waals surface area contributed by atoms with Gasteiger partial charge in [-0.1, -0.05) is 6.07 Å². The molecular weight excluding hydrogens is 266 g/mol. The third-order valence-electron chi connectivity index (χ3n) is 5.10.